The lowest BCUT2D eigenvalue weighted by Crippen LogP contribution is -2.50. The molecule has 0 saturated heterocycles. The van der Waals surface area contributed by atoms with Crippen molar-refractivity contribution in [1.82, 2.24) is 5.32 Å². The number of carbonyl (C=O) groups is 1. The Bertz CT molecular complexity index is 1070. The van der Waals surface area contributed by atoms with Gasteiger partial charge in [0.2, 0.25) is 0 Å². The number of nitrogens with one attached hydrogen (secondary N) is 1. The van der Waals surface area contributed by atoms with Gasteiger partial charge in [0.1, 0.15) is 17.0 Å². The highest BCUT2D eigenvalue weighted by Gasteiger charge is 2.39. The van der Waals surface area contributed by atoms with Crippen LogP contribution in [0.3, 0.4) is 0 Å². The van der Waals surface area contributed by atoms with Crippen molar-refractivity contribution < 1.29 is 40.6 Å². The van der Waals surface area contributed by atoms with E-state index >= 15 is 0 Å². The first kappa shape index (κ1) is 24.6. The quantitative estimate of drug-likeness (QED) is 0.453. The van der Waals surface area contributed by atoms with Crippen LogP contribution in [0.1, 0.15) is 16.7 Å². The highest BCUT2D eigenvalue weighted by atomic mass is 19.4. The molecule has 0 aliphatic rings. The van der Waals surface area contributed by atoms with Crippen molar-refractivity contribution in [3.05, 3.63) is 95.6 Å². The summed E-state index contributed by atoms with van der Waals surface area (Å²) in [5.41, 5.74) is 4.14. The van der Waals surface area contributed by atoms with Crippen LogP contribution >= 0.6 is 0 Å². The standard InChI is InChI=1S/C23H16F6N2O3/c24-22(25,26)33-18-10-4-8-16(12-18)21(31-20(30)32,14-15-6-2-1-3-7-15)17-9-5-11-19(13-17)34-23(27,28)29/h1-4,6-8,10-13H,14H2,(H3,30,31,32). The molecule has 0 aliphatic heterocycles. The third kappa shape index (κ3) is 6.48. The molecular weight excluding hydrogens is 466 g/mol. The van der Waals surface area contributed by atoms with Gasteiger partial charge >= 0.3 is 18.8 Å². The van der Waals surface area contributed by atoms with Gasteiger partial charge in [-0.3, -0.25) is 0 Å². The van der Waals surface area contributed by atoms with E-state index in [4.69, 9.17) is 5.73 Å². The normalized spacial score (nSPS) is 11.9. The Morgan fingerprint density at radius 1 is 0.882 bits per heavy atom. The van der Waals surface area contributed by atoms with Gasteiger partial charge in [-0.25, -0.2) is 4.79 Å². The maximum Gasteiger partial charge on any atom is 0.573 e. The van der Waals surface area contributed by atoms with Gasteiger partial charge in [0.15, 0.2) is 0 Å². The Morgan fingerprint density at radius 3 is 2.15 bits per heavy atom. The molecule has 1 unspecified atom stereocenters. The minimum absolute atomic E-state index is 0.0331. The van der Waals surface area contributed by atoms with E-state index in [1.807, 2.05) is 0 Å². The Morgan fingerprint density at radius 2 is 1.53 bits per heavy atom. The molecule has 0 aliphatic carbocycles. The van der Waals surface area contributed by atoms with E-state index in [1.165, 1.54) is 12.1 Å². The predicted molar refractivity (Wildman–Crippen MR) is 108 cm³/mol. The summed E-state index contributed by atoms with van der Waals surface area (Å²) in [5.74, 6) is -1.28. The highest BCUT2D eigenvalue weighted by Crippen LogP contribution is 2.37. The fraction of sp³-hybridized carbons (Fsp3) is 0.174. The van der Waals surface area contributed by atoms with Gasteiger partial charge in [0.05, 0.1) is 0 Å². The second-order valence-electron chi connectivity index (χ2n) is 7.05. The van der Waals surface area contributed by atoms with Crippen molar-refractivity contribution in [2.45, 2.75) is 24.7 Å². The van der Waals surface area contributed by atoms with Gasteiger partial charge in [-0.15, -0.1) is 26.3 Å². The van der Waals surface area contributed by atoms with Crippen LogP contribution in [0.2, 0.25) is 0 Å². The Balaban J connectivity index is 2.23. The number of amides is 2. The molecular formula is C23H16F6N2O3. The fourth-order valence-corrected chi connectivity index (χ4v) is 3.43. The minimum atomic E-state index is -5.02. The van der Waals surface area contributed by atoms with E-state index in [0.717, 1.165) is 24.3 Å². The number of urea groups is 1. The number of benzene rings is 2. The van der Waals surface area contributed by atoms with E-state index in [9.17, 15) is 31.1 Å². The minimum Gasteiger partial charge on any atom is -0.406 e. The maximum atomic E-state index is 12.8. The zero-order valence-electron chi connectivity index (χ0n) is 17.1. The van der Waals surface area contributed by atoms with E-state index in [1.54, 1.807) is 30.3 Å². The van der Waals surface area contributed by atoms with E-state index in [-0.39, 0.29) is 17.5 Å². The predicted octanol–water partition coefficient (Wildman–Crippen LogP) is 5.24. The number of hydrogen-bond donors (Lipinski definition) is 2. The molecule has 0 heterocycles. The molecule has 3 aromatic carbocycles. The van der Waals surface area contributed by atoms with Crippen LogP contribution in [0.4, 0.5) is 31.1 Å². The molecule has 0 fully saturated rings. The third-order valence-electron chi connectivity index (χ3n) is 4.61. The number of halogens is 6. The van der Waals surface area contributed by atoms with Crippen LogP contribution in [0.5, 0.6) is 11.5 Å². The molecule has 178 valence electrons. The zero-order valence-corrected chi connectivity index (χ0v) is 17.1. The van der Waals surface area contributed by atoms with Gasteiger partial charge in [-0.2, -0.15) is 0 Å². The molecule has 3 rings (SSSR count). The molecule has 0 spiro atoms. The van der Waals surface area contributed by atoms with E-state index in [0.29, 0.717) is 5.56 Å². The lowest BCUT2D eigenvalue weighted by atomic mass is 9.78. The van der Waals surface area contributed by atoms with Crippen LogP contribution in [-0.4, -0.2) is 18.8 Å². The molecule has 5 nitrogen and oxygen atoms in total. The molecule has 0 saturated carbocycles. The van der Waals surface area contributed by atoms with Gasteiger partial charge in [-0.1, -0.05) is 54.6 Å². The van der Waals surface area contributed by atoms with Crippen LogP contribution in [0.25, 0.3) is 0 Å². The number of alkyl halides is 6. The van der Waals surface area contributed by atoms with Crippen molar-refractivity contribution in [2.24, 2.45) is 5.73 Å². The first-order chi connectivity index (χ1) is 15.9. The van der Waals surface area contributed by atoms with Crippen molar-refractivity contribution in [3.63, 3.8) is 0 Å². The fourth-order valence-electron chi connectivity index (χ4n) is 3.43. The molecule has 2 amide bonds. The number of carbonyl (C=O) groups excluding carboxylic acids is 1. The Labute approximate surface area is 190 Å². The van der Waals surface area contributed by atoms with Gasteiger partial charge in [-0.05, 0) is 29.3 Å². The van der Waals surface area contributed by atoms with Gasteiger partial charge in [0.25, 0.3) is 0 Å². The average molecular weight is 482 g/mol. The van der Waals surface area contributed by atoms with Crippen molar-refractivity contribution in [1.29, 1.82) is 0 Å². The molecule has 3 N–H and O–H groups in total. The Hall–Kier alpha value is -4.07. The average Bonchev–Trinajstić information content (AvgIpc) is 2.71. The van der Waals surface area contributed by atoms with Crippen molar-refractivity contribution in [2.75, 3.05) is 0 Å². The first-order valence-corrected chi connectivity index (χ1v) is 9.54. The first-order valence-electron chi connectivity index (χ1n) is 9.54. The van der Waals surface area contributed by atoms with E-state index < -0.39 is 35.8 Å². The second-order valence-corrected chi connectivity index (χ2v) is 7.05. The number of nitrogens with two attached hydrogens (primary N) is 1. The topological polar surface area (TPSA) is 73.6 Å². The molecule has 0 radical (unpaired) electrons. The second kappa shape index (κ2) is 9.43. The summed E-state index contributed by atoms with van der Waals surface area (Å²) in [6.07, 6.45) is -10.1. The molecule has 3 aromatic rings. The van der Waals surface area contributed by atoms with Crippen molar-refractivity contribution >= 4 is 6.03 Å². The summed E-state index contributed by atoms with van der Waals surface area (Å²) in [7, 11) is 0. The van der Waals surface area contributed by atoms with Crippen LogP contribution in [0.15, 0.2) is 66.7 Å². The Kier molecular flexibility index (Phi) is 6.81. The molecule has 1 atom stereocenters. The van der Waals surface area contributed by atoms with Crippen LogP contribution in [-0.2, 0) is 12.0 Å². The van der Waals surface area contributed by atoms with E-state index in [2.05, 4.69) is 26.9 Å². The molecule has 0 bridgehead atoms. The lowest BCUT2D eigenvalue weighted by molar-refractivity contribution is -0.275. The molecule has 34 heavy (non-hydrogen) atoms. The SMILES string of the molecule is NC(=O)NC(Cc1ccccc1)(c1c#ccc(OC(F)(F)F)c1)c1cccc(OC(F)(F)F)c1. The number of primary amides is 1. The smallest absolute Gasteiger partial charge is 0.406 e. The summed E-state index contributed by atoms with van der Waals surface area (Å²) in [5, 5.41) is 2.47. The summed E-state index contributed by atoms with van der Waals surface area (Å²) in [6, 6.07) is 18.7. The van der Waals surface area contributed by atoms with Gasteiger partial charge < -0.3 is 20.5 Å². The lowest BCUT2D eigenvalue weighted by Gasteiger charge is -2.35. The summed E-state index contributed by atoms with van der Waals surface area (Å²) in [4.78, 5) is 12.0. The highest BCUT2D eigenvalue weighted by molar-refractivity contribution is 5.74. The monoisotopic (exact) mass is 482 g/mol. The van der Waals surface area contributed by atoms with Crippen LogP contribution < -0.4 is 20.5 Å². The van der Waals surface area contributed by atoms with Gasteiger partial charge in [0, 0.05) is 18.1 Å². The maximum absolute atomic E-state index is 12.8. The molecule has 0 aromatic heterocycles. The third-order valence-corrected chi connectivity index (χ3v) is 4.61. The largest absolute Gasteiger partial charge is 0.573 e. The summed E-state index contributed by atoms with van der Waals surface area (Å²) < 4.78 is 84.8. The summed E-state index contributed by atoms with van der Waals surface area (Å²) in [6.45, 7) is 0. The van der Waals surface area contributed by atoms with Crippen molar-refractivity contribution in [3.8, 4) is 11.5 Å². The zero-order chi connectivity index (χ0) is 25.0. The molecule has 11 heteroatoms. The number of rotatable bonds is 7. The number of hydrogen-bond acceptors (Lipinski definition) is 3. The number of ether oxygens (including phenoxy) is 2. The summed E-state index contributed by atoms with van der Waals surface area (Å²) >= 11 is 0. The van der Waals surface area contributed by atoms with Crippen LogP contribution in [0, 0.1) is 12.1 Å².